The van der Waals surface area contributed by atoms with Gasteiger partial charge in [0.25, 0.3) is 11.8 Å². The van der Waals surface area contributed by atoms with E-state index >= 15 is 0 Å². The number of aryl methyl sites for hydroxylation is 1. The van der Waals surface area contributed by atoms with Crippen molar-refractivity contribution in [1.29, 1.82) is 0 Å². The summed E-state index contributed by atoms with van der Waals surface area (Å²) in [5.74, 6) is 0.977. The molecule has 2 amide bonds. The fourth-order valence-corrected chi connectivity index (χ4v) is 2.29. The first kappa shape index (κ1) is 17.2. The van der Waals surface area contributed by atoms with Gasteiger partial charge in [-0.25, -0.2) is 0 Å². The van der Waals surface area contributed by atoms with Crippen molar-refractivity contribution in [2.24, 2.45) is 0 Å². The normalized spacial score (nSPS) is 10.2. The lowest BCUT2D eigenvalue weighted by Gasteiger charge is -2.07. The molecular formula is C19H17N3O4. The Morgan fingerprint density at radius 1 is 0.962 bits per heavy atom. The fourth-order valence-electron chi connectivity index (χ4n) is 2.29. The summed E-state index contributed by atoms with van der Waals surface area (Å²) in [6.45, 7) is 1.73. The Labute approximate surface area is 150 Å². The predicted octanol–water partition coefficient (Wildman–Crippen LogP) is 3.50. The Morgan fingerprint density at radius 3 is 2.19 bits per heavy atom. The number of carbonyl (C=O) groups is 2. The Morgan fingerprint density at radius 2 is 1.62 bits per heavy atom. The van der Waals surface area contributed by atoms with Gasteiger partial charge in [-0.3, -0.25) is 9.59 Å². The van der Waals surface area contributed by atoms with Crippen LogP contribution in [0.4, 0.5) is 11.5 Å². The molecule has 0 saturated heterocycles. The van der Waals surface area contributed by atoms with E-state index in [0.717, 1.165) is 0 Å². The van der Waals surface area contributed by atoms with Crippen LogP contribution in [-0.4, -0.2) is 24.1 Å². The smallest absolute Gasteiger partial charge is 0.256 e. The lowest BCUT2D eigenvalue weighted by molar-refractivity contribution is 0.101. The van der Waals surface area contributed by atoms with Gasteiger partial charge in [-0.1, -0.05) is 11.2 Å². The van der Waals surface area contributed by atoms with Gasteiger partial charge in [-0.15, -0.1) is 0 Å². The van der Waals surface area contributed by atoms with E-state index in [2.05, 4.69) is 15.8 Å². The van der Waals surface area contributed by atoms with Gasteiger partial charge in [0, 0.05) is 28.9 Å². The first-order valence-corrected chi connectivity index (χ1v) is 7.85. The molecule has 0 unspecified atom stereocenters. The van der Waals surface area contributed by atoms with Crippen LogP contribution >= 0.6 is 0 Å². The van der Waals surface area contributed by atoms with Crippen molar-refractivity contribution in [3.63, 3.8) is 0 Å². The van der Waals surface area contributed by atoms with Crippen LogP contribution in [0.15, 0.2) is 59.1 Å². The number of methoxy groups -OCH3 is 1. The molecule has 0 saturated carbocycles. The molecule has 0 atom stereocenters. The summed E-state index contributed by atoms with van der Waals surface area (Å²) in [7, 11) is 1.56. The summed E-state index contributed by atoms with van der Waals surface area (Å²) >= 11 is 0. The Balaban J connectivity index is 1.66. The van der Waals surface area contributed by atoms with Gasteiger partial charge in [-0.2, -0.15) is 0 Å². The third kappa shape index (κ3) is 4.07. The minimum absolute atomic E-state index is 0.280. The highest BCUT2D eigenvalue weighted by Crippen LogP contribution is 2.18. The SMILES string of the molecule is COc1cccc(NC(=O)c2ccc(C(=O)Nc3cc(C)on3)cc2)c1. The van der Waals surface area contributed by atoms with E-state index in [0.29, 0.717) is 34.1 Å². The molecule has 132 valence electrons. The number of hydrogen-bond acceptors (Lipinski definition) is 5. The van der Waals surface area contributed by atoms with E-state index in [1.807, 2.05) is 0 Å². The van der Waals surface area contributed by atoms with E-state index in [1.54, 1.807) is 68.6 Å². The standard InChI is InChI=1S/C19H17N3O4/c1-12-10-17(22-26-12)21-19(24)14-8-6-13(7-9-14)18(23)20-15-4-3-5-16(11-15)25-2/h3-11H,1-2H3,(H,20,23)(H,21,22,24). The number of aromatic nitrogens is 1. The predicted molar refractivity (Wildman–Crippen MR) is 96.6 cm³/mol. The maximum absolute atomic E-state index is 12.3. The molecule has 0 fully saturated rings. The van der Waals surface area contributed by atoms with Crippen molar-refractivity contribution in [2.75, 3.05) is 17.7 Å². The van der Waals surface area contributed by atoms with Gasteiger partial charge in [0.15, 0.2) is 5.82 Å². The Kier molecular flexibility index (Phi) is 4.98. The number of carbonyl (C=O) groups excluding carboxylic acids is 2. The Hall–Kier alpha value is -3.61. The van der Waals surface area contributed by atoms with E-state index in [-0.39, 0.29) is 11.8 Å². The highest BCUT2D eigenvalue weighted by atomic mass is 16.5. The fraction of sp³-hybridized carbons (Fsp3) is 0.105. The maximum Gasteiger partial charge on any atom is 0.256 e. The topological polar surface area (TPSA) is 93.5 Å². The van der Waals surface area contributed by atoms with Gasteiger partial charge in [0.1, 0.15) is 11.5 Å². The molecule has 0 radical (unpaired) electrons. The van der Waals surface area contributed by atoms with Crippen LogP contribution in [0.3, 0.4) is 0 Å². The summed E-state index contributed by atoms with van der Waals surface area (Å²) in [6, 6.07) is 15.0. The maximum atomic E-state index is 12.3. The zero-order valence-corrected chi connectivity index (χ0v) is 14.3. The number of nitrogens with one attached hydrogen (secondary N) is 2. The lowest BCUT2D eigenvalue weighted by Crippen LogP contribution is -2.14. The van der Waals surface area contributed by atoms with Crippen molar-refractivity contribution in [2.45, 2.75) is 6.92 Å². The van der Waals surface area contributed by atoms with Crippen LogP contribution < -0.4 is 15.4 Å². The number of hydrogen-bond donors (Lipinski definition) is 2. The van der Waals surface area contributed by atoms with E-state index in [4.69, 9.17) is 9.26 Å². The lowest BCUT2D eigenvalue weighted by atomic mass is 10.1. The van der Waals surface area contributed by atoms with Crippen molar-refractivity contribution < 1.29 is 18.8 Å². The second-order valence-corrected chi connectivity index (χ2v) is 5.54. The molecule has 1 heterocycles. The number of amides is 2. The summed E-state index contributed by atoms with van der Waals surface area (Å²) in [5.41, 5.74) is 1.46. The summed E-state index contributed by atoms with van der Waals surface area (Å²) in [5, 5.41) is 9.11. The summed E-state index contributed by atoms with van der Waals surface area (Å²) in [6.07, 6.45) is 0. The Bertz CT molecular complexity index is 932. The minimum Gasteiger partial charge on any atom is -0.497 e. The van der Waals surface area contributed by atoms with Crippen molar-refractivity contribution >= 4 is 23.3 Å². The van der Waals surface area contributed by atoms with Gasteiger partial charge >= 0.3 is 0 Å². The molecule has 26 heavy (non-hydrogen) atoms. The van der Waals surface area contributed by atoms with Crippen LogP contribution in [0.5, 0.6) is 5.75 Å². The van der Waals surface area contributed by atoms with Gasteiger partial charge in [-0.05, 0) is 43.3 Å². The molecule has 0 aliphatic carbocycles. The third-order valence-electron chi connectivity index (χ3n) is 3.61. The number of benzene rings is 2. The molecule has 0 aliphatic rings. The molecule has 3 aromatic rings. The first-order valence-electron chi connectivity index (χ1n) is 7.85. The van der Waals surface area contributed by atoms with Crippen LogP contribution in [0.1, 0.15) is 26.5 Å². The van der Waals surface area contributed by atoms with Gasteiger partial charge in [0.05, 0.1) is 7.11 Å². The molecule has 1 aromatic heterocycles. The molecule has 7 heteroatoms. The second-order valence-electron chi connectivity index (χ2n) is 5.54. The molecule has 7 nitrogen and oxygen atoms in total. The molecule has 2 N–H and O–H groups in total. The van der Waals surface area contributed by atoms with E-state index in [1.165, 1.54) is 0 Å². The quantitative estimate of drug-likeness (QED) is 0.734. The average molecular weight is 351 g/mol. The highest BCUT2D eigenvalue weighted by Gasteiger charge is 2.11. The van der Waals surface area contributed by atoms with E-state index in [9.17, 15) is 9.59 Å². The number of ether oxygens (including phenoxy) is 1. The second kappa shape index (κ2) is 7.52. The van der Waals surface area contributed by atoms with Crippen LogP contribution in [0.25, 0.3) is 0 Å². The van der Waals surface area contributed by atoms with Crippen LogP contribution in [0, 0.1) is 6.92 Å². The largest absolute Gasteiger partial charge is 0.497 e. The molecule has 0 spiro atoms. The third-order valence-corrected chi connectivity index (χ3v) is 3.61. The summed E-state index contributed by atoms with van der Waals surface area (Å²) in [4.78, 5) is 24.5. The highest BCUT2D eigenvalue weighted by molar-refractivity contribution is 6.07. The molecule has 0 aliphatic heterocycles. The van der Waals surface area contributed by atoms with Crippen LogP contribution in [-0.2, 0) is 0 Å². The first-order chi connectivity index (χ1) is 12.5. The minimum atomic E-state index is -0.335. The summed E-state index contributed by atoms with van der Waals surface area (Å²) < 4.78 is 10.0. The molecule has 2 aromatic carbocycles. The number of rotatable bonds is 5. The van der Waals surface area contributed by atoms with Crippen LogP contribution in [0.2, 0.25) is 0 Å². The zero-order valence-electron chi connectivity index (χ0n) is 14.3. The number of nitrogens with zero attached hydrogens (tertiary/aromatic N) is 1. The van der Waals surface area contributed by atoms with Gasteiger partial charge < -0.3 is 19.9 Å². The molecular weight excluding hydrogens is 334 g/mol. The van der Waals surface area contributed by atoms with Crippen molar-refractivity contribution in [3.05, 3.63) is 71.5 Å². The molecule has 0 bridgehead atoms. The van der Waals surface area contributed by atoms with Crippen molar-refractivity contribution in [1.82, 2.24) is 5.16 Å². The zero-order chi connectivity index (χ0) is 18.5. The average Bonchev–Trinajstić information content (AvgIpc) is 3.06. The molecule has 3 rings (SSSR count). The van der Waals surface area contributed by atoms with Crippen molar-refractivity contribution in [3.8, 4) is 5.75 Å². The number of anilines is 2. The van der Waals surface area contributed by atoms with E-state index < -0.39 is 0 Å². The monoisotopic (exact) mass is 351 g/mol. The van der Waals surface area contributed by atoms with Gasteiger partial charge in [0.2, 0.25) is 0 Å².